The molecule has 0 fully saturated rings. The maximum absolute atomic E-state index is 14.1. The largest absolute Gasteiger partial charge is 0.464 e. The summed E-state index contributed by atoms with van der Waals surface area (Å²) in [5.41, 5.74) is -0.695. The molecule has 2 N–H and O–H groups in total. The molecule has 0 spiro atoms. The summed E-state index contributed by atoms with van der Waals surface area (Å²) < 4.78 is 117. The third-order valence-corrected chi connectivity index (χ3v) is 5.90. The fraction of sp³-hybridized carbons (Fsp3) is 0.214. The molecule has 2 unspecified atom stereocenters. The smallest absolute Gasteiger partial charge is 0.458 e. The third-order valence-electron chi connectivity index (χ3n) is 5.90. The second-order valence-electron chi connectivity index (χ2n) is 8.78. The molecular formula is C28H21F8NO3. The van der Waals surface area contributed by atoms with E-state index in [1.807, 2.05) is 0 Å². The standard InChI is InChI=1S/C28H21F8NO3/c29-26(30,28(34,35)36)20-8-1-6-18(13-20)25(37-16-24(38)27(31,32)33)19-7-3-10-22(15-19)40-21-9-2-5-17(14-21)23-11-4-12-39-23/h1-15,24-25,37-38H,16H2. The van der Waals surface area contributed by atoms with E-state index in [4.69, 9.17) is 9.15 Å². The molecule has 0 amide bonds. The lowest BCUT2D eigenvalue weighted by Gasteiger charge is -2.25. The Bertz CT molecular complexity index is 1420. The number of halogens is 8. The highest BCUT2D eigenvalue weighted by Gasteiger charge is 2.58. The van der Waals surface area contributed by atoms with Crippen LogP contribution in [0.4, 0.5) is 35.1 Å². The SMILES string of the molecule is OC(CNC(c1cccc(Oc2cccc(-c3ccco3)c2)c1)c1cccc(C(F)(F)C(F)(F)F)c1)C(F)(F)F. The topological polar surface area (TPSA) is 54.6 Å². The van der Waals surface area contributed by atoms with Crippen LogP contribution in [-0.2, 0) is 5.92 Å². The Morgan fingerprint density at radius 2 is 1.38 bits per heavy atom. The number of aliphatic hydroxyl groups is 1. The molecule has 4 nitrogen and oxygen atoms in total. The van der Waals surface area contributed by atoms with Gasteiger partial charge in [-0.2, -0.15) is 35.1 Å². The van der Waals surface area contributed by atoms with Crippen molar-refractivity contribution in [3.63, 3.8) is 0 Å². The van der Waals surface area contributed by atoms with E-state index in [9.17, 15) is 40.2 Å². The van der Waals surface area contributed by atoms with E-state index in [2.05, 4.69) is 5.32 Å². The Balaban J connectivity index is 1.68. The fourth-order valence-electron chi connectivity index (χ4n) is 3.90. The van der Waals surface area contributed by atoms with E-state index in [-0.39, 0.29) is 16.9 Å². The van der Waals surface area contributed by atoms with Gasteiger partial charge in [-0.05, 0) is 53.6 Å². The molecule has 0 saturated heterocycles. The number of ether oxygens (including phenoxy) is 1. The van der Waals surface area contributed by atoms with Crippen LogP contribution in [-0.4, -0.2) is 30.1 Å². The number of hydrogen-bond acceptors (Lipinski definition) is 4. The molecule has 12 heteroatoms. The van der Waals surface area contributed by atoms with E-state index >= 15 is 0 Å². The van der Waals surface area contributed by atoms with Gasteiger partial charge in [0, 0.05) is 17.7 Å². The van der Waals surface area contributed by atoms with Crippen molar-refractivity contribution in [3.05, 3.63) is 108 Å². The molecule has 0 aliphatic rings. The minimum Gasteiger partial charge on any atom is -0.464 e. The van der Waals surface area contributed by atoms with Crippen LogP contribution >= 0.6 is 0 Å². The molecule has 0 bridgehead atoms. The van der Waals surface area contributed by atoms with Crippen molar-refractivity contribution in [1.82, 2.24) is 5.32 Å². The average Bonchev–Trinajstić information content (AvgIpc) is 3.43. The van der Waals surface area contributed by atoms with E-state index in [1.54, 1.807) is 36.4 Å². The van der Waals surface area contributed by atoms with Gasteiger partial charge >= 0.3 is 18.3 Å². The van der Waals surface area contributed by atoms with Gasteiger partial charge in [0.25, 0.3) is 0 Å². The molecule has 0 aliphatic carbocycles. The first-order valence-corrected chi connectivity index (χ1v) is 11.7. The molecule has 4 aromatic rings. The van der Waals surface area contributed by atoms with Crippen LogP contribution < -0.4 is 10.1 Å². The summed E-state index contributed by atoms with van der Waals surface area (Å²) in [6.45, 7) is -1.07. The highest BCUT2D eigenvalue weighted by Crippen LogP contribution is 2.44. The number of alkyl halides is 8. The Kier molecular flexibility index (Phi) is 8.22. The normalized spacial score (nSPS) is 14.1. The van der Waals surface area contributed by atoms with E-state index < -0.39 is 42.5 Å². The van der Waals surface area contributed by atoms with Gasteiger partial charge in [0.2, 0.25) is 0 Å². The predicted molar refractivity (Wildman–Crippen MR) is 129 cm³/mol. The van der Waals surface area contributed by atoms with Crippen molar-refractivity contribution >= 4 is 0 Å². The maximum atomic E-state index is 14.1. The van der Waals surface area contributed by atoms with Crippen LogP contribution in [0.3, 0.4) is 0 Å². The average molecular weight is 571 g/mol. The van der Waals surface area contributed by atoms with Crippen molar-refractivity contribution in [2.45, 2.75) is 30.4 Å². The summed E-state index contributed by atoms with van der Waals surface area (Å²) in [5.74, 6) is -4.06. The lowest BCUT2D eigenvalue weighted by Crippen LogP contribution is -2.40. The third kappa shape index (κ3) is 6.62. The van der Waals surface area contributed by atoms with Crippen molar-refractivity contribution in [3.8, 4) is 22.8 Å². The van der Waals surface area contributed by atoms with Gasteiger partial charge in [-0.25, -0.2) is 0 Å². The minimum absolute atomic E-state index is 0.182. The lowest BCUT2D eigenvalue weighted by molar-refractivity contribution is -0.289. The van der Waals surface area contributed by atoms with Crippen LogP contribution in [0, 0.1) is 0 Å². The van der Waals surface area contributed by atoms with Crippen LogP contribution in [0.2, 0.25) is 0 Å². The Morgan fingerprint density at radius 3 is 2.00 bits per heavy atom. The molecular weight excluding hydrogens is 550 g/mol. The minimum atomic E-state index is -5.89. The number of nitrogens with one attached hydrogen (secondary N) is 1. The predicted octanol–water partition coefficient (Wildman–Crippen LogP) is 8.00. The highest BCUT2D eigenvalue weighted by molar-refractivity contribution is 5.59. The monoisotopic (exact) mass is 571 g/mol. The zero-order valence-electron chi connectivity index (χ0n) is 20.3. The Labute approximate surface area is 222 Å². The Hall–Kier alpha value is -3.90. The van der Waals surface area contributed by atoms with Crippen LogP contribution in [0.15, 0.2) is 95.6 Å². The van der Waals surface area contributed by atoms with Gasteiger partial charge < -0.3 is 19.6 Å². The number of aliphatic hydroxyl groups excluding tert-OH is 1. The molecule has 4 rings (SSSR count). The first kappa shape index (κ1) is 29.1. The fourth-order valence-corrected chi connectivity index (χ4v) is 3.90. The second kappa shape index (κ2) is 11.3. The van der Waals surface area contributed by atoms with Gasteiger partial charge in [-0.15, -0.1) is 0 Å². The quantitative estimate of drug-likeness (QED) is 0.200. The molecule has 0 aliphatic heterocycles. The van der Waals surface area contributed by atoms with Crippen molar-refractivity contribution in [2.75, 3.05) is 6.54 Å². The van der Waals surface area contributed by atoms with Gasteiger partial charge in [-0.1, -0.05) is 42.5 Å². The van der Waals surface area contributed by atoms with Gasteiger partial charge in [-0.3, -0.25) is 0 Å². The molecule has 212 valence electrons. The molecule has 1 aromatic heterocycles. The second-order valence-corrected chi connectivity index (χ2v) is 8.78. The Morgan fingerprint density at radius 1 is 0.750 bits per heavy atom. The highest BCUT2D eigenvalue weighted by atomic mass is 19.4. The molecule has 40 heavy (non-hydrogen) atoms. The number of benzene rings is 3. The first-order chi connectivity index (χ1) is 18.8. The zero-order chi connectivity index (χ0) is 29.1. The van der Waals surface area contributed by atoms with Crippen LogP contribution in [0.25, 0.3) is 11.3 Å². The van der Waals surface area contributed by atoms with E-state index in [0.717, 1.165) is 6.07 Å². The van der Waals surface area contributed by atoms with Crippen LogP contribution in [0.5, 0.6) is 11.5 Å². The van der Waals surface area contributed by atoms with Gasteiger partial charge in [0.15, 0.2) is 6.10 Å². The summed E-state index contributed by atoms with van der Waals surface area (Å²) in [7, 11) is 0. The van der Waals surface area contributed by atoms with E-state index in [0.29, 0.717) is 29.2 Å². The molecule has 1 heterocycles. The van der Waals surface area contributed by atoms with Crippen molar-refractivity contribution in [1.29, 1.82) is 0 Å². The van der Waals surface area contributed by atoms with Gasteiger partial charge in [0.1, 0.15) is 17.3 Å². The summed E-state index contributed by atoms with van der Waals surface area (Å²) in [5, 5.41) is 11.9. The summed E-state index contributed by atoms with van der Waals surface area (Å²) in [6.07, 6.45) is -12.2. The maximum Gasteiger partial charge on any atom is 0.458 e. The molecule has 0 saturated carbocycles. The summed E-state index contributed by atoms with van der Waals surface area (Å²) in [6, 6.07) is 18.0. The van der Waals surface area contributed by atoms with E-state index in [1.165, 1.54) is 36.6 Å². The number of hydrogen-bond donors (Lipinski definition) is 2. The van der Waals surface area contributed by atoms with Gasteiger partial charge in [0.05, 0.1) is 12.3 Å². The summed E-state index contributed by atoms with van der Waals surface area (Å²) in [4.78, 5) is 0. The van der Waals surface area contributed by atoms with Crippen molar-refractivity contribution < 1.29 is 49.4 Å². The lowest BCUT2D eigenvalue weighted by atomic mass is 9.95. The summed E-state index contributed by atoms with van der Waals surface area (Å²) >= 11 is 0. The molecule has 2 atom stereocenters. The van der Waals surface area contributed by atoms with Crippen molar-refractivity contribution in [2.24, 2.45) is 0 Å². The number of rotatable bonds is 9. The molecule has 0 radical (unpaired) electrons. The first-order valence-electron chi connectivity index (χ1n) is 11.7. The zero-order valence-corrected chi connectivity index (χ0v) is 20.3. The molecule has 3 aromatic carbocycles. The van der Waals surface area contributed by atoms with Crippen LogP contribution in [0.1, 0.15) is 22.7 Å². The number of furan rings is 1.